The van der Waals surface area contributed by atoms with Gasteiger partial charge >= 0.3 is 6.18 Å². The Bertz CT molecular complexity index is 1450. The van der Waals surface area contributed by atoms with E-state index in [1.807, 2.05) is 0 Å². The van der Waals surface area contributed by atoms with Crippen molar-refractivity contribution in [3.63, 3.8) is 0 Å². The Kier molecular flexibility index (Phi) is 5.47. The molecule has 5 heterocycles. The number of amides is 2. The highest BCUT2D eigenvalue weighted by Gasteiger charge is 2.37. The number of pyridine rings is 2. The van der Waals surface area contributed by atoms with Crippen LogP contribution in [-0.2, 0) is 11.0 Å². The Morgan fingerprint density at radius 3 is 2.63 bits per heavy atom. The molecule has 0 bridgehead atoms. The molecule has 1 fully saturated rings. The lowest BCUT2D eigenvalue weighted by molar-refractivity contribution is -0.136. The molecule has 0 unspecified atom stereocenters. The number of piperazine rings is 1. The molecule has 4 aromatic heterocycles. The first-order chi connectivity index (χ1) is 16.6. The van der Waals surface area contributed by atoms with Gasteiger partial charge in [-0.3, -0.25) is 18.9 Å². The first-order valence-corrected chi connectivity index (χ1v) is 10.5. The van der Waals surface area contributed by atoms with Crippen molar-refractivity contribution in [2.24, 2.45) is 0 Å². The van der Waals surface area contributed by atoms with Crippen LogP contribution in [0.4, 0.5) is 23.4 Å². The number of halogens is 5. The number of hydrogen-bond donors (Lipinski definition) is 0. The second-order valence-corrected chi connectivity index (χ2v) is 8.04. The molecule has 0 radical (unpaired) electrons. The number of alkyl halides is 3. The summed E-state index contributed by atoms with van der Waals surface area (Å²) in [6.45, 7) is -0.551. The van der Waals surface area contributed by atoms with Gasteiger partial charge in [-0.2, -0.15) is 13.2 Å². The highest BCUT2D eigenvalue weighted by atomic mass is 35.5. The third-order valence-corrected chi connectivity index (χ3v) is 5.89. The van der Waals surface area contributed by atoms with Crippen molar-refractivity contribution in [1.29, 1.82) is 0 Å². The van der Waals surface area contributed by atoms with E-state index < -0.39 is 47.3 Å². The molecular weight excluding hydrogens is 494 g/mol. The van der Waals surface area contributed by atoms with E-state index in [-0.39, 0.29) is 29.6 Å². The van der Waals surface area contributed by atoms with Gasteiger partial charge in [-0.05, 0) is 24.3 Å². The number of anilines is 1. The molecule has 1 saturated heterocycles. The summed E-state index contributed by atoms with van der Waals surface area (Å²) in [6.07, 6.45) is 0.438. The van der Waals surface area contributed by atoms with Crippen LogP contribution in [0.5, 0.6) is 0 Å². The smallest absolute Gasteiger partial charge is 0.420 e. The van der Waals surface area contributed by atoms with Gasteiger partial charge in [-0.1, -0.05) is 11.6 Å². The molecule has 1 aliphatic rings. The fourth-order valence-electron chi connectivity index (χ4n) is 3.84. The summed E-state index contributed by atoms with van der Waals surface area (Å²) in [7, 11) is 0. The van der Waals surface area contributed by atoms with Crippen LogP contribution in [0.3, 0.4) is 0 Å². The predicted octanol–water partition coefficient (Wildman–Crippen LogP) is 4.29. The van der Waals surface area contributed by atoms with Gasteiger partial charge < -0.3 is 9.32 Å². The molecule has 0 N–H and O–H groups in total. The zero-order valence-corrected chi connectivity index (χ0v) is 18.3. The SMILES string of the molecule is O=C(c1nc2c(C(F)(F)F)cc(-c3ccoc3)cn2c1Cl)N1CCN(c2ncccc2F)C(=O)C1. The largest absolute Gasteiger partial charge is 0.472 e. The molecule has 0 aliphatic carbocycles. The monoisotopic (exact) mass is 507 g/mol. The Morgan fingerprint density at radius 2 is 1.97 bits per heavy atom. The van der Waals surface area contributed by atoms with Crippen LogP contribution in [-0.4, -0.2) is 50.7 Å². The van der Waals surface area contributed by atoms with E-state index in [4.69, 9.17) is 16.0 Å². The van der Waals surface area contributed by atoms with E-state index in [1.54, 1.807) is 0 Å². The van der Waals surface area contributed by atoms with Gasteiger partial charge in [0.1, 0.15) is 11.7 Å². The van der Waals surface area contributed by atoms with Crippen LogP contribution in [0, 0.1) is 5.82 Å². The second-order valence-electron chi connectivity index (χ2n) is 7.68. The molecule has 4 aromatic rings. The molecule has 0 aromatic carbocycles. The van der Waals surface area contributed by atoms with Crippen LogP contribution in [0.1, 0.15) is 16.1 Å². The minimum Gasteiger partial charge on any atom is -0.472 e. The molecule has 2 amide bonds. The maximum Gasteiger partial charge on any atom is 0.420 e. The summed E-state index contributed by atoms with van der Waals surface area (Å²) in [6, 6.07) is 4.90. The summed E-state index contributed by atoms with van der Waals surface area (Å²) in [5.74, 6) is -2.31. The van der Waals surface area contributed by atoms with E-state index >= 15 is 0 Å². The fourth-order valence-corrected chi connectivity index (χ4v) is 4.10. The minimum atomic E-state index is -4.79. The fraction of sp³-hybridized carbons (Fsp3) is 0.182. The summed E-state index contributed by atoms with van der Waals surface area (Å²) in [4.78, 5) is 35.7. The molecule has 5 rings (SSSR count). The van der Waals surface area contributed by atoms with Crippen molar-refractivity contribution >= 4 is 34.9 Å². The van der Waals surface area contributed by atoms with Gasteiger partial charge in [0.15, 0.2) is 23.0 Å². The lowest BCUT2D eigenvalue weighted by Gasteiger charge is -2.33. The zero-order chi connectivity index (χ0) is 24.9. The number of imidazole rings is 1. The van der Waals surface area contributed by atoms with E-state index in [0.29, 0.717) is 5.56 Å². The summed E-state index contributed by atoms with van der Waals surface area (Å²) in [5.41, 5.74) is -1.56. The summed E-state index contributed by atoms with van der Waals surface area (Å²) >= 11 is 6.32. The van der Waals surface area contributed by atoms with Crippen molar-refractivity contribution in [1.82, 2.24) is 19.3 Å². The quantitative estimate of drug-likeness (QED) is 0.386. The van der Waals surface area contributed by atoms with Gasteiger partial charge in [0.05, 0.1) is 18.1 Å². The Labute approximate surface area is 199 Å². The van der Waals surface area contributed by atoms with Gasteiger partial charge in [0.25, 0.3) is 5.91 Å². The normalized spacial score (nSPS) is 14.7. The number of aromatic nitrogens is 3. The topological polar surface area (TPSA) is 84.0 Å². The Hall–Kier alpha value is -3.93. The average Bonchev–Trinajstić information content (AvgIpc) is 3.47. The van der Waals surface area contributed by atoms with Crippen LogP contribution in [0.15, 0.2) is 53.6 Å². The number of carbonyl (C=O) groups excluding carboxylic acids is 2. The van der Waals surface area contributed by atoms with Gasteiger partial charge in [-0.25, -0.2) is 14.4 Å². The molecule has 35 heavy (non-hydrogen) atoms. The predicted molar refractivity (Wildman–Crippen MR) is 115 cm³/mol. The molecule has 8 nitrogen and oxygen atoms in total. The Balaban J connectivity index is 1.49. The standard InChI is InChI=1S/C22H14ClF4N5O3/c23-18-17(21(34)30-5-6-31(16(33)10-30)20-15(24)2-1-4-28-20)29-19-14(22(25,26)27)8-13(9-32(18)19)12-3-7-35-11-12/h1-4,7-9,11H,5-6,10H2. The average molecular weight is 508 g/mol. The first kappa shape index (κ1) is 22.8. The molecule has 0 saturated carbocycles. The maximum atomic E-state index is 14.0. The number of carbonyl (C=O) groups is 2. The van der Waals surface area contributed by atoms with Crippen molar-refractivity contribution in [3.05, 3.63) is 71.4 Å². The molecular formula is C22H14ClF4N5O3. The second kappa shape index (κ2) is 8.38. The number of hydrogen-bond acceptors (Lipinski definition) is 5. The van der Waals surface area contributed by atoms with Crippen LogP contribution in [0.2, 0.25) is 5.15 Å². The zero-order valence-electron chi connectivity index (χ0n) is 17.6. The van der Waals surface area contributed by atoms with Crippen molar-refractivity contribution in [3.8, 4) is 11.1 Å². The third kappa shape index (κ3) is 3.99. The maximum absolute atomic E-state index is 14.0. The number of rotatable bonds is 3. The molecule has 13 heteroatoms. The lowest BCUT2D eigenvalue weighted by Crippen LogP contribution is -2.53. The molecule has 0 atom stereocenters. The van der Waals surface area contributed by atoms with Gasteiger partial charge in [0.2, 0.25) is 5.91 Å². The van der Waals surface area contributed by atoms with Crippen molar-refractivity contribution in [2.75, 3.05) is 24.5 Å². The molecule has 1 aliphatic heterocycles. The van der Waals surface area contributed by atoms with E-state index in [1.165, 1.54) is 37.1 Å². The van der Waals surface area contributed by atoms with Crippen LogP contribution < -0.4 is 4.90 Å². The summed E-state index contributed by atoms with van der Waals surface area (Å²) in [5, 5.41) is -0.341. The number of fused-ring (bicyclic) bond motifs is 1. The van der Waals surface area contributed by atoms with Gasteiger partial charge in [0, 0.05) is 36.6 Å². The first-order valence-electron chi connectivity index (χ1n) is 10.2. The number of nitrogens with zero attached hydrogens (tertiary/aromatic N) is 5. The van der Waals surface area contributed by atoms with Crippen molar-refractivity contribution in [2.45, 2.75) is 6.18 Å². The third-order valence-electron chi connectivity index (χ3n) is 5.53. The van der Waals surface area contributed by atoms with Gasteiger partial charge in [-0.15, -0.1) is 0 Å². The molecule has 180 valence electrons. The van der Waals surface area contributed by atoms with Crippen molar-refractivity contribution < 1.29 is 31.6 Å². The molecule has 0 spiro atoms. The highest BCUT2D eigenvalue weighted by molar-refractivity contribution is 6.33. The number of furan rings is 1. The van der Waals surface area contributed by atoms with Crippen LogP contribution >= 0.6 is 11.6 Å². The van der Waals surface area contributed by atoms with Crippen LogP contribution in [0.25, 0.3) is 16.8 Å². The van der Waals surface area contributed by atoms with E-state index in [0.717, 1.165) is 26.3 Å². The lowest BCUT2D eigenvalue weighted by atomic mass is 10.1. The minimum absolute atomic E-state index is 0.0306. The van der Waals surface area contributed by atoms with E-state index in [9.17, 15) is 27.2 Å². The Morgan fingerprint density at radius 1 is 1.17 bits per heavy atom. The van der Waals surface area contributed by atoms with E-state index in [2.05, 4.69) is 9.97 Å². The summed E-state index contributed by atoms with van der Waals surface area (Å²) < 4.78 is 61.4. The highest BCUT2D eigenvalue weighted by Crippen LogP contribution is 2.37.